The highest BCUT2D eigenvalue weighted by Crippen LogP contribution is 2.60. The summed E-state index contributed by atoms with van der Waals surface area (Å²) >= 11 is 6.02. The third-order valence-electron chi connectivity index (χ3n) is 8.69. The Hall–Kier alpha value is -1.86. The molecule has 5 nitrogen and oxygen atoms in total. The molecule has 1 aromatic carbocycles. The number of tetrazole rings is 1. The second-order valence-corrected chi connectivity index (χ2v) is 11.8. The molecule has 0 saturated heterocycles. The van der Waals surface area contributed by atoms with Gasteiger partial charge in [-0.25, -0.2) is 13.5 Å². The van der Waals surface area contributed by atoms with E-state index in [9.17, 15) is 13.9 Å². The van der Waals surface area contributed by atoms with Crippen molar-refractivity contribution in [1.82, 2.24) is 20.2 Å². The van der Waals surface area contributed by atoms with Crippen molar-refractivity contribution in [3.63, 3.8) is 0 Å². The first-order chi connectivity index (χ1) is 16.4. The Morgan fingerprint density at radius 2 is 1.97 bits per heavy atom. The van der Waals surface area contributed by atoms with Crippen LogP contribution in [0.1, 0.15) is 72.6 Å². The monoisotopic (exact) mass is 506 g/mol. The maximum atomic E-state index is 14.4. The van der Waals surface area contributed by atoms with E-state index in [1.54, 1.807) is 0 Å². The van der Waals surface area contributed by atoms with Crippen LogP contribution < -0.4 is 0 Å². The molecule has 2 fully saturated rings. The molecule has 0 radical (unpaired) electrons. The SMILES string of the molecule is C[C@H](CCC(F)(F)C(C)(C)O)[C@H]1CC[C@H]2/C(=C/Cn3nnnc3-c3ccc(Cl)cc3)CCC[C@]12C. The maximum Gasteiger partial charge on any atom is 0.275 e. The average Bonchev–Trinajstić information content (AvgIpc) is 3.40. The molecule has 0 aliphatic heterocycles. The highest BCUT2D eigenvalue weighted by molar-refractivity contribution is 6.30. The second kappa shape index (κ2) is 9.89. The Morgan fingerprint density at radius 3 is 2.66 bits per heavy atom. The Bertz CT molecular complexity index is 1050. The average molecular weight is 507 g/mol. The lowest BCUT2D eigenvalue weighted by atomic mass is 9.60. The number of aromatic nitrogens is 4. The molecule has 2 aromatic rings. The van der Waals surface area contributed by atoms with Crippen molar-refractivity contribution in [1.29, 1.82) is 0 Å². The fraction of sp³-hybridized carbons (Fsp3) is 0.667. The van der Waals surface area contributed by atoms with Crippen molar-refractivity contribution >= 4 is 11.6 Å². The molecule has 8 heteroatoms. The minimum Gasteiger partial charge on any atom is -0.384 e. The highest BCUT2D eigenvalue weighted by atomic mass is 35.5. The zero-order chi connectivity index (χ0) is 25.4. The third-order valence-corrected chi connectivity index (χ3v) is 8.95. The van der Waals surface area contributed by atoms with Crippen molar-refractivity contribution in [2.75, 3.05) is 0 Å². The number of rotatable bonds is 8. The van der Waals surface area contributed by atoms with Crippen molar-refractivity contribution < 1.29 is 13.9 Å². The van der Waals surface area contributed by atoms with Gasteiger partial charge in [0, 0.05) is 17.0 Å². The van der Waals surface area contributed by atoms with Crippen LogP contribution in [0.15, 0.2) is 35.9 Å². The van der Waals surface area contributed by atoms with E-state index in [-0.39, 0.29) is 17.8 Å². The molecule has 1 heterocycles. The van der Waals surface area contributed by atoms with Gasteiger partial charge >= 0.3 is 0 Å². The quantitative estimate of drug-likeness (QED) is 0.393. The predicted molar refractivity (Wildman–Crippen MR) is 134 cm³/mol. The summed E-state index contributed by atoms with van der Waals surface area (Å²) in [6.07, 6.45) is 7.91. The van der Waals surface area contributed by atoms with Gasteiger partial charge in [0.1, 0.15) is 5.60 Å². The van der Waals surface area contributed by atoms with Crippen LogP contribution in [0.2, 0.25) is 5.02 Å². The maximum absolute atomic E-state index is 14.4. The molecule has 0 unspecified atom stereocenters. The first-order valence-electron chi connectivity index (χ1n) is 12.7. The predicted octanol–water partition coefficient (Wildman–Crippen LogP) is 6.96. The normalized spacial score (nSPS) is 27.3. The molecule has 2 saturated carbocycles. The van der Waals surface area contributed by atoms with Crippen LogP contribution >= 0.6 is 11.6 Å². The fourth-order valence-corrected chi connectivity index (χ4v) is 6.64. The summed E-state index contributed by atoms with van der Waals surface area (Å²) in [5.41, 5.74) is 0.501. The van der Waals surface area contributed by atoms with Crippen LogP contribution in [0.5, 0.6) is 0 Å². The van der Waals surface area contributed by atoms with Crippen molar-refractivity contribution in [2.24, 2.45) is 23.2 Å². The second-order valence-electron chi connectivity index (χ2n) is 11.3. The lowest BCUT2D eigenvalue weighted by Crippen LogP contribution is -2.43. The zero-order valence-electron chi connectivity index (χ0n) is 21.1. The summed E-state index contributed by atoms with van der Waals surface area (Å²) in [5, 5.41) is 22.8. The standard InChI is InChI=1S/C27H37ClF2N4O/c1-18(13-16-27(29,30)25(2,3)35)22-11-12-23-19(6-5-15-26(22,23)4)14-17-34-24(31-32-33-34)20-7-9-21(28)10-8-20/h7-10,14,18,22-23,35H,5-6,11-13,15-17H2,1-4H3/b19-14+/t18-,22-,23+,26-/m1/s1. The number of fused-ring (bicyclic) bond motifs is 1. The summed E-state index contributed by atoms with van der Waals surface area (Å²) in [6, 6.07) is 7.50. The number of nitrogens with zero attached hydrogens (tertiary/aromatic N) is 4. The zero-order valence-corrected chi connectivity index (χ0v) is 21.9. The van der Waals surface area contributed by atoms with Crippen LogP contribution in [-0.2, 0) is 6.54 Å². The van der Waals surface area contributed by atoms with E-state index in [0.29, 0.717) is 35.6 Å². The van der Waals surface area contributed by atoms with Crippen LogP contribution in [0.3, 0.4) is 0 Å². The van der Waals surface area contributed by atoms with E-state index >= 15 is 0 Å². The number of benzene rings is 1. The van der Waals surface area contributed by atoms with Gasteiger partial charge in [-0.2, -0.15) is 0 Å². The van der Waals surface area contributed by atoms with Crippen molar-refractivity contribution in [2.45, 2.75) is 90.7 Å². The van der Waals surface area contributed by atoms with Gasteiger partial charge in [-0.3, -0.25) is 0 Å². The molecule has 4 rings (SSSR count). The molecule has 1 N–H and O–H groups in total. The molecule has 0 spiro atoms. The van der Waals surface area contributed by atoms with Gasteiger partial charge in [-0.05, 0) is 110 Å². The van der Waals surface area contributed by atoms with Gasteiger partial charge < -0.3 is 5.11 Å². The molecule has 1 aromatic heterocycles. The van der Waals surface area contributed by atoms with Crippen molar-refractivity contribution in [3.05, 3.63) is 40.9 Å². The minimum atomic E-state index is -3.08. The Kier molecular flexibility index (Phi) is 7.41. The van der Waals surface area contributed by atoms with E-state index < -0.39 is 11.5 Å². The molecule has 2 aliphatic rings. The van der Waals surface area contributed by atoms with Gasteiger partial charge in [-0.15, -0.1) is 5.10 Å². The number of hydrogen-bond acceptors (Lipinski definition) is 4. The summed E-state index contributed by atoms with van der Waals surface area (Å²) in [7, 11) is 0. The fourth-order valence-electron chi connectivity index (χ4n) is 6.51. The summed E-state index contributed by atoms with van der Waals surface area (Å²) in [4.78, 5) is 0. The summed E-state index contributed by atoms with van der Waals surface area (Å²) in [5.74, 6) is -1.30. The Balaban J connectivity index is 1.46. The molecule has 0 bridgehead atoms. The van der Waals surface area contributed by atoms with Gasteiger partial charge in [0.2, 0.25) is 0 Å². The van der Waals surface area contributed by atoms with E-state index in [1.807, 2.05) is 28.9 Å². The topological polar surface area (TPSA) is 63.8 Å². The summed E-state index contributed by atoms with van der Waals surface area (Å²) < 4.78 is 30.6. The number of halogens is 3. The van der Waals surface area contributed by atoms with E-state index in [4.69, 9.17) is 11.6 Å². The van der Waals surface area contributed by atoms with Crippen LogP contribution in [0.4, 0.5) is 8.78 Å². The molecule has 0 amide bonds. The van der Waals surface area contributed by atoms with Crippen molar-refractivity contribution in [3.8, 4) is 11.4 Å². The number of allylic oxidation sites excluding steroid dienone is 2. The van der Waals surface area contributed by atoms with Gasteiger partial charge in [0.25, 0.3) is 5.92 Å². The molecule has 4 atom stereocenters. The molecular weight excluding hydrogens is 470 g/mol. The van der Waals surface area contributed by atoms with Gasteiger partial charge in [0.05, 0.1) is 6.54 Å². The van der Waals surface area contributed by atoms with Gasteiger partial charge in [0.15, 0.2) is 5.82 Å². The largest absolute Gasteiger partial charge is 0.384 e. The van der Waals surface area contributed by atoms with Crippen LogP contribution in [0, 0.1) is 23.2 Å². The molecular formula is C27H37ClF2N4O. The molecule has 192 valence electrons. The minimum absolute atomic E-state index is 0.118. The molecule has 35 heavy (non-hydrogen) atoms. The molecule has 2 aliphatic carbocycles. The first-order valence-corrected chi connectivity index (χ1v) is 13.1. The Morgan fingerprint density at radius 1 is 1.26 bits per heavy atom. The Labute approximate surface area is 211 Å². The third kappa shape index (κ3) is 5.31. The highest BCUT2D eigenvalue weighted by Gasteiger charge is 2.51. The van der Waals surface area contributed by atoms with E-state index in [1.165, 1.54) is 19.4 Å². The number of hydrogen-bond donors (Lipinski definition) is 1. The first kappa shape index (κ1) is 26.2. The lowest BCUT2D eigenvalue weighted by Gasteiger charge is -2.44. The smallest absolute Gasteiger partial charge is 0.275 e. The van der Waals surface area contributed by atoms with Gasteiger partial charge in [-0.1, -0.05) is 37.1 Å². The lowest BCUT2D eigenvalue weighted by molar-refractivity contribution is -0.168. The summed E-state index contributed by atoms with van der Waals surface area (Å²) in [6.45, 7) is 7.49. The van der Waals surface area contributed by atoms with E-state index in [0.717, 1.165) is 37.7 Å². The number of aliphatic hydroxyl groups is 1. The number of alkyl halides is 2. The van der Waals surface area contributed by atoms with E-state index in [2.05, 4.69) is 35.4 Å². The van der Waals surface area contributed by atoms with Crippen LogP contribution in [-0.4, -0.2) is 36.8 Å². The van der Waals surface area contributed by atoms with Crippen LogP contribution in [0.25, 0.3) is 11.4 Å².